The molecule has 26 nitrogen and oxygen atoms in total. The zero-order chi connectivity index (χ0) is 61.8. The largest absolute Gasteiger partial charge is 1.00 e. The molecule has 2 atom stereocenters. The number of hydrogen-bond acceptors (Lipinski definition) is 21. The fourth-order valence-electron chi connectivity index (χ4n) is 7.01. The first-order valence-electron chi connectivity index (χ1n) is 24.3. The Morgan fingerprint density at radius 2 is 1.14 bits per heavy atom. The van der Waals surface area contributed by atoms with Gasteiger partial charge >= 0.3 is 121 Å². The van der Waals surface area contributed by atoms with Crippen LogP contribution in [0.25, 0.3) is 0 Å². The number of aliphatic hydroxyl groups excluding tert-OH is 2. The molecule has 0 aromatic heterocycles. The zero-order valence-corrected chi connectivity index (χ0v) is 56.6. The third-order valence-electron chi connectivity index (χ3n) is 10.6. The van der Waals surface area contributed by atoms with Crippen LogP contribution in [-0.4, -0.2) is 203 Å². The minimum atomic E-state index is -0.884. The monoisotopic (exact) mass is 1370 g/mol. The second-order valence-corrected chi connectivity index (χ2v) is 18.4. The summed E-state index contributed by atoms with van der Waals surface area (Å²) < 4.78 is 72.4. The van der Waals surface area contributed by atoms with Crippen molar-refractivity contribution < 1.29 is 204 Å². The Labute approximate surface area is 606 Å². The van der Waals surface area contributed by atoms with Crippen LogP contribution in [-0.2, 0) is 57.5 Å². The van der Waals surface area contributed by atoms with Crippen LogP contribution in [0.2, 0.25) is 0 Å². The van der Waals surface area contributed by atoms with Gasteiger partial charge in [0.25, 0.3) is 17.6 Å². The minimum Gasteiger partial charge on any atom is -1.00 e. The number of carbonyl (C=O) groups is 8. The Morgan fingerprint density at radius 1 is 0.756 bits per heavy atom. The molecular formula is C50H81Cl4F4K2N9O17. The topological polar surface area (TPSA) is 311 Å². The Hall–Kier alpha value is -2.53. The van der Waals surface area contributed by atoms with Gasteiger partial charge in [0.05, 0.1) is 57.3 Å². The number of anilines is 4. The van der Waals surface area contributed by atoms with Crippen molar-refractivity contribution in [3.63, 3.8) is 0 Å². The molecule has 4 aliphatic heterocycles. The second-order valence-electron chi connectivity index (χ2n) is 16.0. The molecule has 0 radical (unpaired) electrons. The van der Waals surface area contributed by atoms with Crippen molar-refractivity contribution in [3.05, 3.63) is 47.5 Å². The van der Waals surface area contributed by atoms with Crippen molar-refractivity contribution in [2.45, 2.75) is 80.3 Å². The van der Waals surface area contributed by atoms with E-state index in [0.29, 0.717) is 26.2 Å². The van der Waals surface area contributed by atoms with Gasteiger partial charge in [-0.05, 0) is 31.2 Å². The van der Waals surface area contributed by atoms with Crippen LogP contribution in [0.5, 0.6) is 0 Å². The average molecular weight is 1380 g/mol. The number of amides is 5. The molecule has 6 rings (SSSR count). The molecule has 0 saturated carbocycles. The molecule has 0 unspecified atom stereocenters. The number of nitrogens with one attached hydrogen (secondary N) is 3. The fraction of sp³-hybridized carbons (Fsp3) is 0.600. The summed E-state index contributed by atoms with van der Waals surface area (Å²) >= 11 is 19.2. The number of esters is 1. The molecular weight excluding hydrogens is 1290 g/mol. The molecule has 4 fully saturated rings. The van der Waals surface area contributed by atoms with Gasteiger partial charge in [0.1, 0.15) is 30.2 Å². The van der Waals surface area contributed by atoms with Crippen LogP contribution in [0, 0.1) is 23.3 Å². The van der Waals surface area contributed by atoms with Gasteiger partial charge in [-0.15, -0.1) is 0 Å². The molecule has 5 amide bonds. The predicted octanol–water partition coefficient (Wildman–Crippen LogP) is -1.51. The van der Waals surface area contributed by atoms with Crippen molar-refractivity contribution in [2.24, 2.45) is 0 Å². The summed E-state index contributed by atoms with van der Waals surface area (Å²) in [6, 6.07) is 4.28. The van der Waals surface area contributed by atoms with Gasteiger partial charge in [0, 0.05) is 84.9 Å². The van der Waals surface area contributed by atoms with E-state index in [0.717, 1.165) is 46.2 Å². The number of ether oxygens (including phenoxy) is 3. The number of carbonyl (C=O) groups excluding carboxylic acids is 8. The average Bonchev–Trinajstić information content (AvgIpc) is 2.35. The summed E-state index contributed by atoms with van der Waals surface area (Å²) in [5.74, 6) is -4.98. The van der Waals surface area contributed by atoms with E-state index in [4.69, 9.17) is 85.8 Å². The molecule has 36 heteroatoms. The van der Waals surface area contributed by atoms with Gasteiger partial charge in [-0.1, -0.05) is 77.9 Å². The molecule has 0 bridgehead atoms. The SMILES string of the molecule is C.C.C.CC(=O)NC[C@H]1CN(c2cc(F)c(N3CCNOCC3)c(F)c2)C(=O)O1.CC(=O)NC[C@H]1CN(c2cc(F)c(N3CCON(C(=O)CO)CC3)c(F)c2)C(=O)O1.CC(=O)OCC(=O)Cl.CCN(CC)CC.CO.ClC(Cl)Cl.O=CO[O-].[H-].[K+].[K+]. The maximum absolute atomic E-state index is 14.8. The number of hydroxylamine groups is 3. The van der Waals surface area contributed by atoms with E-state index in [1.165, 1.54) is 45.3 Å². The third-order valence-corrected chi connectivity index (χ3v) is 10.7. The molecule has 5 N–H and O–H groups in total. The Bertz CT molecular complexity index is 2240. The van der Waals surface area contributed by atoms with E-state index in [9.17, 15) is 51.1 Å². The van der Waals surface area contributed by atoms with Crippen molar-refractivity contribution in [2.75, 3.05) is 138 Å². The Kier molecular flexibility index (Phi) is 59.6. The first kappa shape index (κ1) is 94.6. The normalized spacial score (nSPS) is 15.4. The standard InChI is InChI=1S/C18H22F2N4O6.C16H20F2N4O4.C6H15N.C4H5ClO3.CHCl3.CH2O3.CH4O.3CH4.2K.H/c1-11(26)21-8-13-9-23(18(28)30-13)12-6-14(19)17(15(20)7-12)22-2-3-24(16(27)10-25)29-5-4-22;1-10(23)19-8-12-9-22(16(24)26-12)11-6-13(17)15(14(18)7-11)21-3-2-20-25-5-4-21;1-4-7(5-2)6-3;1-3(6)8-2-4(5)7;2-1(3)4;2-1-4-3;1-2;;;;;;/h6-7,13,25H,2-5,8-10H2,1H3,(H,21,26);6-7,12,20H,2-5,8-9H2,1H3,(H,19,23);4-6H2,1-3H3;2H2,1H3;1H;1,3H;2H,1H3;3*1H4;;;/q;;;;;;;;;;2*+1;-1/p-1/t13-;12-;;;;;;;;;;;/m00.........../s1. The van der Waals surface area contributed by atoms with E-state index in [1.807, 2.05) is 0 Å². The number of rotatable bonds is 15. The van der Waals surface area contributed by atoms with E-state index in [1.54, 1.807) is 4.90 Å². The molecule has 86 heavy (non-hydrogen) atoms. The molecule has 4 heterocycles. The molecule has 2 aromatic carbocycles. The zero-order valence-electron chi connectivity index (χ0n) is 48.4. The maximum atomic E-state index is 14.8. The number of benzene rings is 2. The van der Waals surface area contributed by atoms with E-state index < -0.39 is 75.7 Å². The van der Waals surface area contributed by atoms with Crippen LogP contribution < -0.4 is 144 Å². The smallest absolute Gasteiger partial charge is 1.00 e. The number of nitrogens with zero attached hydrogens (tertiary/aromatic N) is 6. The van der Waals surface area contributed by atoms with Crippen LogP contribution in [0.15, 0.2) is 24.3 Å². The van der Waals surface area contributed by atoms with Crippen LogP contribution >= 0.6 is 46.4 Å². The minimum absolute atomic E-state index is 0. The number of halogens is 8. The number of hydrogen-bond donors (Lipinski definition) is 5. The van der Waals surface area contributed by atoms with Crippen molar-refractivity contribution >= 4 is 117 Å². The van der Waals surface area contributed by atoms with Gasteiger partial charge in [-0.2, -0.15) is 0 Å². The summed E-state index contributed by atoms with van der Waals surface area (Å²) in [4.78, 5) is 106. The van der Waals surface area contributed by atoms with Crippen molar-refractivity contribution in [3.8, 4) is 0 Å². The third kappa shape index (κ3) is 38.2. The van der Waals surface area contributed by atoms with Gasteiger partial charge in [-0.25, -0.2) is 37.7 Å². The van der Waals surface area contributed by atoms with Gasteiger partial charge < -0.3 is 61.3 Å². The summed E-state index contributed by atoms with van der Waals surface area (Å²) in [7, 11) is 1.00. The van der Waals surface area contributed by atoms with Crippen LogP contribution in [0.4, 0.5) is 49.9 Å². The van der Waals surface area contributed by atoms with E-state index >= 15 is 0 Å². The van der Waals surface area contributed by atoms with E-state index in [2.05, 4.69) is 51.4 Å². The summed E-state index contributed by atoms with van der Waals surface area (Å²) in [5, 5.41) is 29.7. The molecule has 0 spiro atoms. The molecule has 4 aliphatic rings. The van der Waals surface area contributed by atoms with E-state index in [-0.39, 0.29) is 227 Å². The number of alkyl halides is 3. The molecule has 0 aliphatic carbocycles. The van der Waals surface area contributed by atoms with Crippen LogP contribution in [0.1, 0.15) is 65.2 Å². The fourth-order valence-corrected chi connectivity index (χ4v) is 7.06. The first-order chi connectivity index (χ1) is 38.4. The quantitative estimate of drug-likeness (QED) is 0.0156. The van der Waals surface area contributed by atoms with Gasteiger partial charge in [0.15, 0.2) is 34.2 Å². The first-order valence-corrected chi connectivity index (χ1v) is 26.0. The Morgan fingerprint density at radius 3 is 1.45 bits per heavy atom. The van der Waals surface area contributed by atoms with Crippen molar-refractivity contribution in [1.82, 2.24) is 26.1 Å². The summed E-state index contributed by atoms with van der Waals surface area (Å²) in [5.41, 5.74) is 2.30. The number of aliphatic hydroxyl groups is 2. The van der Waals surface area contributed by atoms with Crippen LogP contribution in [0.3, 0.4) is 0 Å². The summed E-state index contributed by atoms with van der Waals surface area (Å²) in [6.45, 7) is 14.8. The second kappa shape index (κ2) is 54.2. The number of cyclic esters (lactones) is 2. The summed E-state index contributed by atoms with van der Waals surface area (Å²) in [6.07, 6.45) is -2.69. The Balaban J connectivity index is -0.000000203. The van der Waals surface area contributed by atoms with Crippen molar-refractivity contribution in [1.29, 1.82) is 0 Å². The molecule has 4 saturated heterocycles. The maximum Gasteiger partial charge on any atom is 1.00 e. The molecule has 486 valence electrons. The molecule has 2 aromatic rings. The predicted molar refractivity (Wildman–Crippen MR) is 307 cm³/mol. The van der Waals surface area contributed by atoms with Gasteiger partial charge in [0.2, 0.25) is 11.8 Å². The van der Waals surface area contributed by atoms with Gasteiger partial charge in [-0.3, -0.25) is 48.2 Å².